The molecule has 1 N–H and O–H groups in total. The molecule has 33 heavy (non-hydrogen) atoms. The Hall–Kier alpha value is -2.73. The van der Waals surface area contributed by atoms with Crippen LogP contribution in [0.15, 0.2) is 42.5 Å². The van der Waals surface area contributed by atoms with E-state index in [1.54, 1.807) is 12.1 Å². The van der Waals surface area contributed by atoms with Gasteiger partial charge in [-0.1, -0.05) is 19.1 Å². The van der Waals surface area contributed by atoms with E-state index >= 15 is 0 Å². The first-order chi connectivity index (χ1) is 16.1. The minimum atomic E-state index is -0.0650. The summed E-state index contributed by atoms with van der Waals surface area (Å²) in [4.78, 5) is 17.6. The maximum Gasteiger partial charge on any atom is 0.251 e. The average molecular weight is 454 g/mol. The molecule has 6 nitrogen and oxygen atoms in total. The largest absolute Gasteiger partial charge is 0.490 e. The van der Waals surface area contributed by atoms with Gasteiger partial charge in [0.05, 0.1) is 13.2 Å². The number of nitrogens with zero attached hydrogens (tertiary/aromatic N) is 2. The standard InChI is InChI=1S/C27H39N3O3/c1-4-19-33-25-12-11-23(21-26(25)32-5-2)27(31)28-13-6-7-14-29-15-17-30(18-16-29)24-10-8-9-22(3)20-24/h8-12,20-21H,4-7,13-19H2,1-3H3,(H,28,31). The molecule has 1 saturated heterocycles. The van der Waals surface area contributed by atoms with Crippen LogP contribution < -0.4 is 19.7 Å². The molecule has 1 aliphatic rings. The van der Waals surface area contributed by atoms with Crippen LogP contribution in [0.3, 0.4) is 0 Å². The second-order valence-electron chi connectivity index (χ2n) is 8.57. The lowest BCUT2D eigenvalue weighted by molar-refractivity contribution is 0.0952. The van der Waals surface area contributed by atoms with Crippen LogP contribution in [0.1, 0.15) is 49.0 Å². The normalized spacial score (nSPS) is 14.2. The summed E-state index contributed by atoms with van der Waals surface area (Å²) in [6.45, 7) is 13.4. The SMILES string of the molecule is CCCOc1ccc(C(=O)NCCCCN2CCN(c3cccc(C)c3)CC2)cc1OCC. The molecule has 0 aromatic heterocycles. The molecule has 0 radical (unpaired) electrons. The molecular formula is C27H39N3O3. The Kier molecular flexibility index (Phi) is 9.88. The Labute approximate surface area is 198 Å². The van der Waals surface area contributed by atoms with E-state index in [4.69, 9.17) is 9.47 Å². The van der Waals surface area contributed by atoms with Gasteiger partial charge >= 0.3 is 0 Å². The van der Waals surface area contributed by atoms with E-state index in [1.807, 2.05) is 13.0 Å². The van der Waals surface area contributed by atoms with Crippen LogP contribution in [0.2, 0.25) is 0 Å². The minimum Gasteiger partial charge on any atom is -0.490 e. The summed E-state index contributed by atoms with van der Waals surface area (Å²) < 4.78 is 11.4. The van der Waals surface area contributed by atoms with Crippen LogP contribution in [0.25, 0.3) is 0 Å². The summed E-state index contributed by atoms with van der Waals surface area (Å²) in [5, 5.41) is 3.04. The molecular weight excluding hydrogens is 414 g/mol. The molecule has 1 aliphatic heterocycles. The zero-order valence-corrected chi connectivity index (χ0v) is 20.4. The first-order valence-electron chi connectivity index (χ1n) is 12.3. The monoisotopic (exact) mass is 453 g/mol. The average Bonchev–Trinajstić information content (AvgIpc) is 2.83. The highest BCUT2D eigenvalue weighted by Gasteiger charge is 2.17. The van der Waals surface area contributed by atoms with E-state index in [-0.39, 0.29) is 5.91 Å². The van der Waals surface area contributed by atoms with Crippen LogP contribution >= 0.6 is 0 Å². The Morgan fingerprint density at radius 2 is 1.79 bits per heavy atom. The topological polar surface area (TPSA) is 54.0 Å². The summed E-state index contributed by atoms with van der Waals surface area (Å²) in [6, 6.07) is 14.2. The van der Waals surface area contributed by atoms with Crippen molar-refractivity contribution in [3.63, 3.8) is 0 Å². The molecule has 0 atom stereocenters. The molecule has 1 amide bonds. The molecule has 2 aromatic rings. The second kappa shape index (κ2) is 13.1. The van der Waals surface area contributed by atoms with Crippen molar-refractivity contribution in [3.05, 3.63) is 53.6 Å². The number of aryl methyl sites for hydroxylation is 1. The highest BCUT2D eigenvalue weighted by molar-refractivity contribution is 5.94. The Morgan fingerprint density at radius 1 is 0.970 bits per heavy atom. The van der Waals surface area contributed by atoms with E-state index in [0.717, 1.165) is 52.0 Å². The number of rotatable bonds is 12. The summed E-state index contributed by atoms with van der Waals surface area (Å²) in [6.07, 6.45) is 2.98. The van der Waals surface area contributed by atoms with E-state index in [9.17, 15) is 4.79 Å². The summed E-state index contributed by atoms with van der Waals surface area (Å²) >= 11 is 0. The number of carbonyl (C=O) groups is 1. The quantitative estimate of drug-likeness (QED) is 0.479. The van der Waals surface area contributed by atoms with Gasteiger partial charge < -0.3 is 19.7 Å². The number of anilines is 1. The van der Waals surface area contributed by atoms with Crippen LogP contribution in [-0.4, -0.2) is 63.3 Å². The van der Waals surface area contributed by atoms with Crippen LogP contribution in [0.4, 0.5) is 5.69 Å². The number of carbonyl (C=O) groups excluding carboxylic acids is 1. The first kappa shape index (κ1) is 24.9. The minimum absolute atomic E-state index is 0.0650. The third kappa shape index (κ3) is 7.67. The maximum atomic E-state index is 12.6. The predicted molar refractivity (Wildman–Crippen MR) is 135 cm³/mol. The van der Waals surface area contributed by atoms with Gasteiger partial charge in [0.15, 0.2) is 11.5 Å². The van der Waals surface area contributed by atoms with Gasteiger partial charge in [-0.3, -0.25) is 9.69 Å². The van der Waals surface area contributed by atoms with Crippen molar-refractivity contribution in [2.45, 2.75) is 40.0 Å². The van der Waals surface area contributed by atoms with Gasteiger partial charge in [-0.2, -0.15) is 0 Å². The molecule has 180 valence electrons. The third-order valence-electron chi connectivity index (χ3n) is 5.89. The van der Waals surface area contributed by atoms with Crippen molar-refractivity contribution in [2.24, 2.45) is 0 Å². The highest BCUT2D eigenvalue weighted by atomic mass is 16.5. The van der Waals surface area contributed by atoms with Crippen molar-refractivity contribution >= 4 is 11.6 Å². The van der Waals surface area contributed by atoms with Crippen LogP contribution in [0.5, 0.6) is 11.5 Å². The van der Waals surface area contributed by atoms with Gasteiger partial charge in [0, 0.05) is 44.0 Å². The third-order valence-corrected chi connectivity index (χ3v) is 5.89. The summed E-state index contributed by atoms with van der Waals surface area (Å²) in [5.41, 5.74) is 3.25. The number of benzene rings is 2. The van der Waals surface area contributed by atoms with Gasteiger partial charge in [0.25, 0.3) is 5.91 Å². The molecule has 0 spiro atoms. The number of piperazine rings is 1. The number of amides is 1. The molecule has 2 aromatic carbocycles. The fourth-order valence-corrected chi connectivity index (χ4v) is 4.07. The van der Waals surface area contributed by atoms with E-state index in [0.29, 0.717) is 36.8 Å². The van der Waals surface area contributed by atoms with E-state index < -0.39 is 0 Å². The van der Waals surface area contributed by atoms with Gasteiger partial charge in [0.1, 0.15) is 0 Å². The van der Waals surface area contributed by atoms with E-state index in [1.165, 1.54) is 11.3 Å². The zero-order valence-electron chi connectivity index (χ0n) is 20.4. The smallest absolute Gasteiger partial charge is 0.251 e. The van der Waals surface area contributed by atoms with Gasteiger partial charge in [-0.05, 0) is 75.5 Å². The Morgan fingerprint density at radius 3 is 2.52 bits per heavy atom. The number of nitrogens with one attached hydrogen (secondary N) is 1. The molecule has 1 fully saturated rings. The summed E-state index contributed by atoms with van der Waals surface area (Å²) in [5.74, 6) is 1.26. The lowest BCUT2D eigenvalue weighted by Crippen LogP contribution is -2.46. The molecule has 0 unspecified atom stereocenters. The lowest BCUT2D eigenvalue weighted by atomic mass is 10.1. The van der Waals surface area contributed by atoms with Crippen molar-refractivity contribution in [3.8, 4) is 11.5 Å². The van der Waals surface area contributed by atoms with Crippen LogP contribution in [-0.2, 0) is 0 Å². The molecule has 0 saturated carbocycles. The highest BCUT2D eigenvalue weighted by Crippen LogP contribution is 2.28. The number of unbranched alkanes of at least 4 members (excludes halogenated alkanes) is 1. The molecule has 0 aliphatic carbocycles. The number of hydrogen-bond acceptors (Lipinski definition) is 5. The summed E-state index contributed by atoms with van der Waals surface area (Å²) in [7, 11) is 0. The second-order valence-corrected chi connectivity index (χ2v) is 8.57. The van der Waals surface area contributed by atoms with Crippen molar-refractivity contribution < 1.29 is 14.3 Å². The fraction of sp³-hybridized carbons (Fsp3) is 0.519. The van der Waals surface area contributed by atoms with Gasteiger partial charge in [0.2, 0.25) is 0 Å². The number of hydrogen-bond donors (Lipinski definition) is 1. The van der Waals surface area contributed by atoms with Gasteiger partial charge in [-0.15, -0.1) is 0 Å². The predicted octanol–water partition coefficient (Wildman–Crippen LogP) is 4.51. The Balaban J connectivity index is 1.35. The molecule has 6 heteroatoms. The van der Waals surface area contributed by atoms with E-state index in [2.05, 4.69) is 53.2 Å². The van der Waals surface area contributed by atoms with Crippen molar-refractivity contribution in [1.82, 2.24) is 10.2 Å². The van der Waals surface area contributed by atoms with Crippen molar-refractivity contribution in [2.75, 3.05) is 57.4 Å². The van der Waals surface area contributed by atoms with Crippen LogP contribution in [0, 0.1) is 6.92 Å². The molecule has 1 heterocycles. The zero-order chi connectivity index (χ0) is 23.5. The first-order valence-corrected chi connectivity index (χ1v) is 12.3. The number of ether oxygens (including phenoxy) is 2. The fourth-order valence-electron chi connectivity index (χ4n) is 4.07. The van der Waals surface area contributed by atoms with Gasteiger partial charge in [-0.25, -0.2) is 0 Å². The van der Waals surface area contributed by atoms with Crippen molar-refractivity contribution in [1.29, 1.82) is 0 Å². The molecule has 3 rings (SSSR count). The maximum absolute atomic E-state index is 12.6. The Bertz CT molecular complexity index is 879. The lowest BCUT2D eigenvalue weighted by Gasteiger charge is -2.36. The molecule has 0 bridgehead atoms.